The number of ether oxygens (including phenoxy) is 1. The summed E-state index contributed by atoms with van der Waals surface area (Å²) in [6.45, 7) is 5.96. The van der Waals surface area contributed by atoms with E-state index < -0.39 is 0 Å². The Balaban J connectivity index is 1.43. The zero-order valence-electron chi connectivity index (χ0n) is 17.6. The normalized spacial score (nSPS) is 17.0. The second kappa shape index (κ2) is 8.92. The molecule has 2 aliphatic rings. The number of carbonyl (C=O) groups is 2. The predicted molar refractivity (Wildman–Crippen MR) is 114 cm³/mol. The van der Waals surface area contributed by atoms with Gasteiger partial charge >= 0.3 is 0 Å². The molecule has 0 radical (unpaired) electrons. The molecule has 7 heteroatoms. The van der Waals surface area contributed by atoms with Gasteiger partial charge in [0, 0.05) is 63.2 Å². The fourth-order valence-corrected chi connectivity index (χ4v) is 4.20. The number of aromatic nitrogens is 2. The minimum Gasteiger partial charge on any atom is -0.373 e. The molecule has 2 aliphatic heterocycles. The third-order valence-corrected chi connectivity index (χ3v) is 5.91. The molecular weight excluding hydrogens is 380 g/mol. The van der Waals surface area contributed by atoms with E-state index in [-0.39, 0.29) is 17.9 Å². The van der Waals surface area contributed by atoms with Gasteiger partial charge in [0.05, 0.1) is 12.7 Å². The van der Waals surface area contributed by atoms with Crippen LogP contribution >= 0.6 is 0 Å². The van der Waals surface area contributed by atoms with Gasteiger partial charge in [0.1, 0.15) is 5.82 Å². The zero-order chi connectivity index (χ0) is 21.1. The first-order chi connectivity index (χ1) is 14.5. The molecule has 0 unspecified atom stereocenters. The molecule has 4 heterocycles. The van der Waals surface area contributed by atoms with E-state index in [1.807, 2.05) is 23.5 Å². The number of anilines is 1. The second-order valence-electron chi connectivity index (χ2n) is 8.08. The van der Waals surface area contributed by atoms with Gasteiger partial charge in [0.25, 0.3) is 0 Å². The molecule has 0 aromatic carbocycles. The van der Waals surface area contributed by atoms with Crippen LogP contribution in [0.5, 0.6) is 0 Å². The molecule has 0 atom stereocenters. The molecule has 30 heavy (non-hydrogen) atoms. The number of hydrogen-bond acceptors (Lipinski definition) is 5. The van der Waals surface area contributed by atoms with Crippen LogP contribution in [0.1, 0.15) is 44.2 Å². The molecule has 7 nitrogen and oxygen atoms in total. The molecule has 1 saturated heterocycles. The van der Waals surface area contributed by atoms with Gasteiger partial charge in [-0.05, 0) is 48.9 Å². The Labute approximate surface area is 177 Å². The van der Waals surface area contributed by atoms with Crippen LogP contribution in [0.4, 0.5) is 5.82 Å². The van der Waals surface area contributed by atoms with E-state index in [1.54, 1.807) is 18.7 Å². The molecule has 4 rings (SSSR count). The SMILES string of the molecule is CC(=O)N1CCC(OCc2cncc(-c3cnc4c(c3)CCCN4C(C)=O)c2)CC1. The van der Waals surface area contributed by atoms with E-state index in [9.17, 15) is 9.59 Å². The summed E-state index contributed by atoms with van der Waals surface area (Å²) in [7, 11) is 0. The molecule has 0 bridgehead atoms. The number of rotatable bonds is 4. The molecule has 0 spiro atoms. The maximum atomic E-state index is 11.9. The highest BCUT2D eigenvalue weighted by atomic mass is 16.5. The van der Waals surface area contributed by atoms with E-state index in [0.717, 1.165) is 73.4 Å². The van der Waals surface area contributed by atoms with Gasteiger partial charge < -0.3 is 9.64 Å². The second-order valence-corrected chi connectivity index (χ2v) is 8.08. The summed E-state index contributed by atoms with van der Waals surface area (Å²) < 4.78 is 6.08. The number of likely N-dealkylation sites (tertiary alicyclic amines) is 1. The van der Waals surface area contributed by atoms with E-state index in [0.29, 0.717) is 6.61 Å². The lowest BCUT2D eigenvalue weighted by molar-refractivity contribution is -0.131. The molecule has 1 fully saturated rings. The van der Waals surface area contributed by atoms with Crippen molar-refractivity contribution in [1.29, 1.82) is 0 Å². The maximum Gasteiger partial charge on any atom is 0.225 e. The Morgan fingerprint density at radius 1 is 1.03 bits per heavy atom. The highest BCUT2D eigenvalue weighted by molar-refractivity contribution is 5.91. The fourth-order valence-electron chi connectivity index (χ4n) is 4.20. The first-order valence-corrected chi connectivity index (χ1v) is 10.6. The van der Waals surface area contributed by atoms with Gasteiger partial charge in [-0.25, -0.2) is 4.98 Å². The highest BCUT2D eigenvalue weighted by Crippen LogP contribution is 2.29. The molecule has 0 N–H and O–H groups in total. The number of amides is 2. The number of piperidine rings is 1. The van der Waals surface area contributed by atoms with Gasteiger partial charge in [-0.3, -0.25) is 19.5 Å². The van der Waals surface area contributed by atoms with Crippen LogP contribution in [-0.4, -0.2) is 52.4 Å². The largest absolute Gasteiger partial charge is 0.373 e. The molecule has 158 valence electrons. The molecule has 0 aliphatic carbocycles. The topological polar surface area (TPSA) is 75.6 Å². The lowest BCUT2D eigenvalue weighted by Crippen LogP contribution is -2.39. The predicted octanol–water partition coefficient (Wildman–Crippen LogP) is 2.97. The number of nitrogens with zero attached hydrogens (tertiary/aromatic N) is 4. The summed E-state index contributed by atoms with van der Waals surface area (Å²) in [5.74, 6) is 0.948. The first-order valence-electron chi connectivity index (χ1n) is 10.6. The van der Waals surface area contributed by atoms with E-state index >= 15 is 0 Å². The lowest BCUT2D eigenvalue weighted by Gasteiger charge is -2.31. The van der Waals surface area contributed by atoms with Gasteiger partial charge in [-0.15, -0.1) is 0 Å². The monoisotopic (exact) mass is 408 g/mol. The average Bonchev–Trinajstić information content (AvgIpc) is 2.77. The first kappa shape index (κ1) is 20.5. The number of aryl methyl sites for hydroxylation is 1. The molecular formula is C23H28N4O3. The van der Waals surface area contributed by atoms with E-state index in [1.165, 1.54) is 0 Å². The Morgan fingerprint density at radius 2 is 1.80 bits per heavy atom. The van der Waals surface area contributed by atoms with Gasteiger partial charge in [0.2, 0.25) is 11.8 Å². The van der Waals surface area contributed by atoms with Crippen molar-refractivity contribution in [1.82, 2.24) is 14.9 Å². The van der Waals surface area contributed by atoms with Crippen LogP contribution in [0.15, 0.2) is 30.7 Å². The number of fused-ring (bicyclic) bond motifs is 1. The average molecular weight is 409 g/mol. The minimum absolute atomic E-state index is 0.0335. The third kappa shape index (κ3) is 4.51. The Hall–Kier alpha value is -2.80. The maximum absolute atomic E-state index is 11.9. The van der Waals surface area contributed by atoms with Crippen molar-refractivity contribution in [3.05, 3.63) is 41.9 Å². The summed E-state index contributed by atoms with van der Waals surface area (Å²) in [5.41, 5.74) is 4.12. The van der Waals surface area contributed by atoms with Crippen molar-refractivity contribution in [3.8, 4) is 11.1 Å². The summed E-state index contributed by atoms with van der Waals surface area (Å²) >= 11 is 0. The van der Waals surface area contributed by atoms with Crippen molar-refractivity contribution in [2.45, 2.75) is 52.2 Å². The van der Waals surface area contributed by atoms with Gasteiger partial charge in [-0.1, -0.05) is 0 Å². The Morgan fingerprint density at radius 3 is 2.53 bits per heavy atom. The van der Waals surface area contributed by atoms with Crippen molar-refractivity contribution in [2.24, 2.45) is 0 Å². The van der Waals surface area contributed by atoms with Crippen LogP contribution in [0, 0.1) is 0 Å². The van der Waals surface area contributed by atoms with Crippen molar-refractivity contribution >= 4 is 17.6 Å². The van der Waals surface area contributed by atoms with Crippen LogP contribution < -0.4 is 4.90 Å². The molecule has 2 aromatic heterocycles. The van der Waals surface area contributed by atoms with Crippen molar-refractivity contribution in [2.75, 3.05) is 24.5 Å². The Kier molecular flexibility index (Phi) is 6.08. The van der Waals surface area contributed by atoms with Gasteiger partial charge in [-0.2, -0.15) is 0 Å². The van der Waals surface area contributed by atoms with Crippen LogP contribution in [-0.2, 0) is 27.4 Å². The molecule has 0 saturated carbocycles. The molecule has 2 aromatic rings. The van der Waals surface area contributed by atoms with Crippen LogP contribution in [0.2, 0.25) is 0 Å². The highest BCUT2D eigenvalue weighted by Gasteiger charge is 2.23. The third-order valence-electron chi connectivity index (χ3n) is 5.91. The summed E-state index contributed by atoms with van der Waals surface area (Å²) in [6.07, 6.45) is 9.27. The Bertz CT molecular complexity index is 938. The lowest BCUT2D eigenvalue weighted by atomic mass is 10.0. The quantitative estimate of drug-likeness (QED) is 0.777. The minimum atomic E-state index is 0.0335. The summed E-state index contributed by atoms with van der Waals surface area (Å²) in [4.78, 5) is 35.9. The van der Waals surface area contributed by atoms with Crippen molar-refractivity contribution in [3.63, 3.8) is 0 Å². The molecule has 2 amide bonds. The van der Waals surface area contributed by atoms with E-state index in [2.05, 4.69) is 22.1 Å². The van der Waals surface area contributed by atoms with Crippen LogP contribution in [0.25, 0.3) is 11.1 Å². The van der Waals surface area contributed by atoms with Gasteiger partial charge in [0.15, 0.2) is 0 Å². The summed E-state index contributed by atoms with van der Waals surface area (Å²) in [5, 5.41) is 0. The van der Waals surface area contributed by atoms with Crippen molar-refractivity contribution < 1.29 is 14.3 Å². The standard InChI is InChI=1S/C23H28N4O3/c1-16(28)26-8-5-22(6-9-26)30-15-18-10-20(13-24-12-18)21-11-19-4-3-7-27(17(2)29)23(19)25-14-21/h10-14,22H,3-9,15H2,1-2H3. The smallest absolute Gasteiger partial charge is 0.225 e. The summed E-state index contributed by atoms with van der Waals surface area (Å²) in [6, 6.07) is 4.21. The number of carbonyl (C=O) groups excluding carboxylic acids is 2. The fraction of sp³-hybridized carbons (Fsp3) is 0.478. The van der Waals surface area contributed by atoms with Crippen LogP contribution in [0.3, 0.4) is 0 Å². The van der Waals surface area contributed by atoms with E-state index in [4.69, 9.17) is 4.74 Å². The zero-order valence-corrected chi connectivity index (χ0v) is 17.6. The number of hydrogen-bond donors (Lipinski definition) is 0. The number of pyridine rings is 2.